The van der Waals surface area contributed by atoms with Gasteiger partial charge in [0, 0.05) is 46.0 Å². The average molecular weight is 399 g/mol. The van der Waals surface area contributed by atoms with Gasteiger partial charge in [-0.05, 0) is 32.3 Å². The summed E-state index contributed by atoms with van der Waals surface area (Å²) in [6, 6.07) is 1.51. The highest BCUT2D eigenvalue weighted by molar-refractivity contribution is 7.91. The molecule has 8 nitrogen and oxygen atoms in total. The number of methoxy groups -OCH3 is 1. The summed E-state index contributed by atoms with van der Waals surface area (Å²) in [6.45, 7) is 3.78. The molecule has 1 unspecified atom stereocenters. The Balaban J connectivity index is 1.67. The molecular formula is C18H30N4O4S. The van der Waals surface area contributed by atoms with Crippen molar-refractivity contribution in [1.82, 2.24) is 20.0 Å². The van der Waals surface area contributed by atoms with E-state index >= 15 is 0 Å². The Morgan fingerprint density at radius 3 is 2.81 bits per heavy atom. The Labute approximate surface area is 161 Å². The molecule has 0 spiro atoms. The van der Waals surface area contributed by atoms with Gasteiger partial charge < -0.3 is 15.0 Å². The number of hydrogen-bond acceptors (Lipinski definition) is 6. The summed E-state index contributed by atoms with van der Waals surface area (Å²) in [6.07, 6.45) is 4.37. The lowest BCUT2D eigenvalue weighted by molar-refractivity contribution is -0.135. The maximum Gasteiger partial charge on any atom is 0.228 e. The Kier molecular flexibility index (Phi) is 5.93. The molecule has 2 aliphatic heterocycles. The van der Waals surface area contributed by atoms with Crippen LogP contribution in [0.15, 0.2) is 12.3 Å². The zero-order valence-corrected chi connectivity index (χ0v) is 17.2. The highest BCUT2D eigenvalue weighted by atomic mass is 32.2. The van der Waals surface area contributed by atoms with Crippen molar-refractivity contribution in [2.75, 3.05) is 31.7 Å². The van der Waals surface area contributed by atoms with Crippen LogP contribution in [0, 0.1) is 5.92 Å². The number of hydrogen-bond donors (Lipinski definition) is 1. The van der Waals surface area contributed by atoms with Crippen LogP contribution in [0.25, 0.3) is 0 Å². The van der Waals surface area contributed by atoms with Gasteiger partial charge in [-0.15, -0.1) is 0 Å². The molecule has 0 radical (unpaired) electrons. The Hall–Kier alpha value is -1.45. The number of aromatic nitrogens is 2. The van der Waals surface area contributed by atoms with Crippen LogP contribution >= 0.6 is 0 Å². The molecule has 3 atom stereocenters. The van der Waals surface area contributed by atoms with Crippen molar-refractivity contribution >= 4 is 15.7 Å². The van der Waals surface area contributed by atoms with Crippen LogP contribution in [0.5, 0.6) is 0 Å². The van der Waals surface area contributed by atoms with Gasteiger partial charge in [0.25, 0.3) is 0 Å². The molecule has 1 aromatic heterocycles. The third-order valence-electron chi connectivity index (χ3n) is 5.83. The molecule has 27 heavy (non-hydrogen) atoms. The molecule has 3 heterocycles. The summed E-state index contributed by atoms with van der Waals surface area (Å²) < 4.78 is 31.7. The fraction of sp³-hybridized carbons (Fsp3) is 0.778. The van der Waals surface area contributed by atoms with Crippen molar-refractivity contribution in [1.29, 1.82) is 0 Å². The molecule has 2 aliphatic rings. The van der Waals surface area contributed by atoms with Crippen molar-refractivity contribution < 1.29 is 17.9 Å². The molecule has 9 heteroatoms. The zero-order chi connectivity index (χ0) is 19.7. The van der Waals surface area contributed by atoms with Crippen LogP contribution in [0.2, 0.25) is 0 Å². The number of ether oxygens (including phenoxy) is 1. The molecule has 3 rings (SSSR count). The number of carbonyl (C=O) groups is 1. The Morgan fingerprint density at radius 1 is 1.37 bits per heavy atom. The first-order valence-electron chi connectivity index (χ1n) is 9.48. The van der Waals surface area contributed by atoms with Crippen molar-refractivity contribution in [3.05, 3.63) is 18.0 Å². The van der Waals surface area contributed by atoms with E-state index in [0.717, 1.165) is 25.0 Å². The first-order chi connectivity index (χ1) is 12.7. The lowest BCUT2D eigenvalue weighted by atomic mass is 9.97. The van der Waals surface area contributed by atoms with E-state index in [4.69, 9.17) is 4.74 Å². The van der Waals surface area contributed by atoms with Crippen LogP contribution in [-0.4, -0.2) is 72.4 Å². The fourth-order valence-electron chi connectivity index (χ4n) is 4.00. The largest absolute Gasteiger partial charge is 0.378 e. The molecule has 1 N–H and O–H groups in total. The summed E-state index contributed by atoms with van der Waals surface area (Å²) >= 11 is 0. The van der Waals surface area contributed by atoms with Gasteiger partial charge in [-0.25, -0.2) is 8.42 Å². The molecule has 0 aliphatic carbocycles. The minimum Gasteiger partial charge on any atom is -0.378 e. The molecule has 0 bridgehead atoms. The minimum absolute atomic E-state index is 0.000132. The minimum atomic E-state index is -3.22. The normalized spacial score (nSPS) is 31.0. The molecular weight excluding hydrogens is 368 g/mol. The van der Waals surface area contributed by atoms with E-state index in [0.29, 0.717) is 19.6 Å². The molecule has 1 amide bonds. The lowest BCUT2D eigenvalue weighted by Gasteiger charge is -2.28. The van der Waals surface area contributed by atoms with E-state index in [1.807, 2.05) is 24.2 Å². The second-order valence-corrected chi connectivity index (χ2v) is 10.1. The van der Waals surface area contributed by atoms with Gasteiger partial charge in [0.05, 0.1) is 28.7 Å². The monoisotopic (exact) mass is 398 g/mol. The predicted octanol–water partition coefficient (Wildman–Crippen LogP) is 0.341. The summed E-state index contributed by atoms with van der Waals surface area (Å²) in [4.78, 5) is 15.0. The van der Waals surface area contributed by atoms with Gasteiger partial charge >= 0.3 is 0 Å². The van der Waals surface area contributed by atoms with E-state index < -0.39 is 15.8 Å². The first kappa shape index (κ1) is 20.3. The number of rotatable bonds is 5. The van der Waals surface area contributed by atoms with Crippen LogP contribution in [0.3, 0.4) is 0 Å². The van der Waals surface area contributed by atoms with Crippen molar-refractivity contribution in [2.24, 2.45) is 13.0 Å². The van der Waals surface area contributed by atoms with Crippen molar-refractivity contribution in [3.63, 3.8) is 0 Å². The molecule has 2 fully saturated rings. The molecule has 152 valence electrons. The molecule has 0 aromatic carbocycles. The van der Waals surface area contributed by atoms with Crippen molar-refractivity contribution in [2.45, 2.75) is 44.4 Å². The van der Waals surface area contributed by atoms with Crippen LogP contribution < -0.4 is 5.32 Å². The zero-order valence-electron chi connectivity index (χ0n) is 16.3. The fourth-order valence-corrected chi connectivity index (χ4v) is 5.95. The van der Waals surface area contributed by atoms with Crippen LogP contribution in [-0.2, 0) is 33.0 Å². The quantitative estimate of drug-likeness (QED) is 0.769. The second-order valence-electron chi connectivity index (χ2n) is 7.98. The number of nitrogens with zero attached hydrogens (tertiary/aromatic N) is 3. The van der Waals surface area contributed by atoms with Crippen LogP contribution in [0.1, 0.15) is 31.9 Å². The Morgan fingerprint density at radius 2 is 2.15 bits per heavy atom. The van der Waals surface area contributed by atoms with Gasteiger partial charge in [0.1, 0.15) is 0 Å². The summed E-state index contributed by atoms with van der Waals surface area (Å²) in [5, 5.41) is 7.55. The first-order valence-corrected chi connectivity index (χ1v) is 11.3. The smallest absolute Gasteiger partial charge is 0.228 e. The SMILES string of the molecule is COC1(C)CCCN(C(=O)[C@@H]2CS(=O)(=O)C[C@H]2NCc2ccn(C)n2)CC1. The summed E-state index contributed by atoms with van der Waals surface area (Å²) in [5.74, 6) is -0.676. The third kappa shape index (κ3) is 4.89. The standard InChI is InChI=1S/C18H30N4O4S/c1-18(26-3)6-4-8-22(10-7-18)17(23)15-12-27(24,25)13-16(15)19-11-14-5-9-21(2)20-14/h5,9,15-16,19H,4,6-8,10-13H2,1-3H3/t15-,16-,18?/m1/s1. The van der Waals surface area contributed by atoms with Gasteiger partial charge in [0.15, 0.2) is 9.84 Å². The number of likely N-dealkylation sites (tertiary alicyclic amines) is 1. The summed E-state index contributed by atoms with van der Waals surface area (Å²) in [5.41, 5.74) is 0.617. The average Bonchev–Trinajstić information content (AvgIpc) is 3.10. The second kappa shape index (κ2) is 7.89. The van der Waals surface area contributed by atoms with Gasteiger partial charge in [-0.1, -0.05) is 0 Å². The van der Waals surface area contributed by atoms with Crippen LogP contribution in [0.4, 0.5) is 0 Å². The van der Waals surface area contributed by atoms with Gasteiger partial charge in [0.2, 0.25) is 5.91 Å². The maximum absolute atomic E-state index is 13.1. The molecule has 2 saturated heterocycles. The van der Waals surface area contributed by atoms with Crippen molar-refractivity contribution in [3.8, 4) is 0 Å². The molecule has 1 aromatic rings. The number of amides is 1. The van der Waals surface area contributed by atoms with E-state index in [1.165, 1.54) is 0 Å². The molecule has 0 saturated carbocycles. The predicted molar refractivity (Wildman–Crippen MR) is 102 cm³/mol. The number of aryl methyl sites for hydroxylation is 1. The van der Waals surface area contributed by atoms with Gasteiger partial charge in [-0.3, -0.25) is 9.48 Å². The topological polar surface area (TPSA) is 93.5 Å². The number of carbonyl (C=O) groups excluding carboxylic acids is 1. The highest BCUT2D eigenvalue weighted by Gasteiger charge is 2.44. The Bertz CT molecular complexity index is 778. The van der Waals surface area contributed by atoms with E-state index in [2.05, 4.69) is 17.3 Å². The third-order valence-corrected chi connectivity index (χ3v) is 7.57. The number of nitrogens with one attached hydrogen (secondary N) is 1. The maximum atomic E-state index is 13.1. The van der Waals surface area contributed by atoms with E-state index in [9.17, 15) is 13.2 Å². The van der Waals surface area contributed by atoms with E-state index in [1.54, 1.807) is 11.8 Å². The van der Waals surface area contributed by atoms with E-state index in [-0.39, 0.29) is 29.1 Å². The highest BCUT2D eigenvalue weighted by Crippen LogP contribution is 2.28. The lowest BCUT2D eigenvalue weighted by Crippen LogP contribution is -2.46. The number of sulfone groups is 1. The summed E-state index contributed by atoms with van der Waals surface area (Å²) in [7, 11) is 0.319. The van der Waals surface area contributed by atoms with Gasteiger partial charge in [-0.2, -0.15) is 5.10 Å².